The second-order valence-corrected chi connectivity index (χ2v) is 4.53. The van der Waals surface area contributed by atoms with Crippen molar-refractivity contribution in [1.82, 2.24) is 0 Å². The van der Waals surface area contributed by atoms with Crippen molar-refractivity contribution < 1.29 is 9.18 Å². The molecule has 2 aromatic carbocycles. The lowest BCUT2D eigenvalue weighted by Crippen LogP contribution is -2.13. The van der Waals surface area contributed by atoms with Crippen molar-refractivity contribution in [3.05, 3.63) is 65.5 Å². The summed E-state index contributed by atoms with van der Waals surface area (Å²) in [7, 11) is 0. The van der Waals surface area contributed by atoms with Gasteiger partial charge < -0.3 is 11.1 Å². The minimum absolute atomic E-state index is 0.0415. The Morgan fingerprint density at radius 1 is 1.15 bits per heavy atom. The van der Waals surface area contributed by atoms with Gasteiger partial charge in [-0.25, -0.2) is 4.39 Å². The molecule has 2 rings (SSSR count). The number of nitrogens with two attached hydrogens (primary N) is 1. The molecular weight excluding hydrogens is 255 g/mol. The van der Waals surface area contributed by atoms with Gasteiger partial charge in [0.1, 0.15) is 5.82 Å². The predicted molar refractivity (Wildman–Crippen MR) is 78.2 cm³/mol. The quantitative estimate of drug-likeness (QED) is 0.879. The molecule has 0 fully saturated rings. The van der Waals surface area contributed by atoms with Gasteiger partial charge in [-0.05, 0) is 49.2 Å². The van der Waals surface area contributed by atoms with Gasteiger partial charge in [-0.15, -0.1) is 0 Å². The van der Waals surface area contributed by atoms with Gasteiger partial charge in [0.15, 0.2) is 0 Å². The molecule has 0 radical (unpaired) electrons. The van der Waals surface area contributed by atoms with Gasteiger partial charge in [-0.2, -0.15) is 0 Å². The van der Waals surface area contributed by atoms with Gasteiger partial charge in [-0.1, -0.05) is 24.3 Å². The summed E-state index contributed by atoms with van der Waals surface area (Å²) < 4.78 is 13.5. The van der Waals surface area contributed by atoms with Crippen LogP contribution in [-0.4, -0.2) is 12.5 Å². The van der Waals surface area contributed by atoms with Crippen LogP contribution < -0.4 is 11.1 Å². The van der Waals surface area contributed by atoms with Crippen LogP contribution in [0.25, 0.3) is 0 Å². The minimum Gasteiger partial charge on any atom is -0.330 e. The number of anilines is 1. The highest BCUT2D eigenvalue weighted by atomic mass is 19.1. The Morgan fingerprint density at radius 3 is 2.70 bits per heavy atom. The molecule has 0 aliphatic carbocycles. The Bertz CT molecular complexity index is 599. The lowest BCUT2D eigenvalue weighted by Gasteiger charge is -2.08. The summed E-state index contributed by atoms with van der Waals surface area (Å²) in [4.78, 5) is 12.0. The highest BCUT2D eigenvalue weighted by Gasteiger charge is 2.10. The van der Waals surface area contributed by atoms with Crippen molar-refractivity contribution in [3.8, 4) is 0 Å². The zero-order chi connectivity index (χ0) is 14.4. The average molecular weight is 272 g/mol. The zero-order valence-corrected chi connectivity index (χ0v) is 11.1. The summed E-state index contributed by atoms with van der Waals surface area (Å²) in [6, 6.07) is 13.4. The van der Waals surface area contributed by atoms with Gasteiger partial charge in [0.25, 0.3) is 5.91 Å². The summed E-state index contributed by atoms with van der Waals surface area (Å²) >= 11 is 0. The monoisotopic (exact) mass is 272 g/mol. The lowest BCUT2D eigenvalue weighted by molar-refractivity contribution is 0.102. The molecule has 3 nitrogen and oxygen atoms in total. The number of halogens is 1. The number of nitrogens with one attached hydrogen (secondary N) is 1. The minimum atomic E-state index is -0.524. The van der Waals surface area contributed by atoms with Gasteiger partial charge in [0, 0.05) is 5.69 Å². The van der Waals surface area contributed by atoms with E-state index < -0.39 is 11.7 Å². The largest absolute Gasteiger partial charge is 0.330 e. The van der Waals surface area contributed by atoms with Gasteiger partial charge in [0.2, 0.25) is 0 Å². The van der Waals surface area contributed by atoms with Crippen molar-refractivity contribution in [2.24, 2.45) is 5.73 Å². The first-order valence-electron chi connectivity index (χ1n) is 6.55. The molecular formula is C16H17FN2O. The van der Waals surface area contributed by atoms with E-state index in [1.165, 1.54) is 12.1 Å². The van der Waals surface area contributed by atoms with E-state index in [0.29, 0.717) is 12.2 Å². The summed E-state index contributed by atoms with van der Waals surface area (Å²) in [6.07, 6.45) is 1.75. The number of carbonyl (C=O) groups is 1. The lowest BCUT2D eigenvalue weighted by atomic mass is 10.1. The smallest absolute Gasteiger partial charge is 0.258 e. The first-order chi connectivity index (χ1) is 9.70. The second kappa shape index (κ2) is 6.82. The number of rotatable bonds is 5. The van der Waals surface area contributed by atoms with E-state index >= 15 is 0 Å². The Balaban J connectivity index is 2.10. The predicted octanol–water partition coefficient (Wildman–Crippen LogP) is 2.97. The maximum Gasteiger partial charge on any atom is 0.258 e. The fourth-order valence-corrected chi connectivity index (χ4v) is 1.95. The van der Waals surface area contributed by atoms with Crippen LogP contribution >= 0.6 is 0 Å². The number of hydrogen-bond acceptors (Lipinski definition) is 2. The number of aryl methyl sites for hydroxylation is 1. The van der Waals surface area contributed by atoms with E-state index in [1.54, 1.807) is 18.2 Å². The van der Waals surface area contributed by atoms with Crippen LogP contribution in [0.2, 0.25) is 0 Å². The molecule has 0 aromatic heterocycles. The molecule has 0 unspecified atom stereocenters. The molecule has 1 amide bonds. The Hall–Kier alpha value is -2.20. The maximum atomic E-state index is 13.5. The summed E-state index contributed by atoms with van der Waals surface area (Å²) in [6.45, 7) is 0.631. The van der Waals surface area contributed by atoms with Crippen LogP contribution in [0.1, 0.15) is 22.3 Å². The van der Waals surface area contributed by atoms with Gasteiger partial charge in [0.05, 0.1) is 5.56 Å². The topological polar surface area (TPSA) is 55.1 Å². The highest BCUT2D eigenvalue weighted by Crippen LogP contribution is 2.14. The molecule has 0 atom stereocenters. The van der Waals surface area contributed by atoms with Crippen molar-refractivity contribution in [2.75, 3.05) is 11.9 Å². The summed E-state index contributed by atoms with van der Waals surface area (Å²) in [5.74, 6) is -0.969. The van der Waals surface area contributed by atoms with E-state index in [4.69, 9.17) is 5.73 Å². The standard InChI is InChI=1S/C16H17FN2O/c17-15-9-2-1-8-14(15)16(20)19-13-7-3-5-12(11-13)6-4-10-18/h1-3,5,7-9,11H,4,6,10,18H2,(H,19,20). The van der Waals surface area contributed by atoms with E-state index in [-0.39, 0.29) is 5.56 Å². The SMILES string of the molecule is NCCCc1cccc(NC(=O)c2ccccc2F)c1. The molecule has 104 valence electrons. The van der Waals surface area contributed by atoms with E-state index in [2.05, 4.69) is 5.32 Å². The molecule has 0 aliphatic heterocycles. The Kier molecular flexibility index (Phi) is 4.85. The third-order valence-corrected chi connectivity index (χ3v) is 2.97. The van der Waals surface area contributed by atoms with Crippen molar-refractivity contribution >= 4 is 11.6 Å². The van der Waals surface area contributed by atoms with Crippen LogP contribution in [0, 0.1) is 5.82 Å². The van der Waals surface area contributed by atoms with Crippen molar-refractivity contribution in [3.63, 3.8) is 0 Å². The van der Waals surface area contributed by atoms with Gasteiger partial charge >= 0.3 is 0 Å². The average Bonchev–Trinajstić information content (AvgIpc) is 2.46. The normalized spacial score (nSPS) is 10.3. The first kappa shape index (κ1) is 14.2. The molecule has 0 bridgehead atoms. The Labute approximate surface area is 117 Å². The molecule has 0 heterocycles. The highest BCUT2D eigenvalue weighted by molar-refractivity contribution is 6.04. The number of benzene rings is 2. The number of amides is 1. The Morgan fingerprint density at radius 2 is 1.95 bits per heavy atom. The summed E-state index contributed by atoms with van der Waals surface area (Å²) in [5.41, 5.74) is 7.28. The molecule has 0 saturated carbocycles. The summed E-state index contributed by atoms with van der Waals surface area (Å²) in [5, 5.41) is 2.71. The fraction of sp³-hybridized carbons (Fsp3) is 0.188. The van der Waals surface area contributed by atoms with Crippen LogP contribution in [-0.2, 0) is 6.42 Å². The molecule has 0 aliphatic rings. The molecule has 0 saturated heterocycles. The van der Waals surface area contributed by atoms with E-state index in [0.717, 1.165) is 18.4 Å². The van der Waals surface area contributed by atoms with Crippen molar-refractivity contribution in [1.29, 1.82) is 0 Å². The molecule has 2 aromatic rings. The van der Waals surface area contributed by atoms with E-state index in [9.17, 15) is 9.18 Å². The van der Waals surface area contributed by atoms with Crippen LogP contribution in [0.5, 0.6) is 0 Å². The van der Waals surface area contributed by atoms with Crippen LogP contribution in [0.3, 0.4) is 0 Å². The third kappa shape index (κ3) is 3.65. The van der Waals surface area contributed by atoms with Crippen molar-refractivity contribution in [2.45, 2.75) is 12.8 Å². The van der Waals surface area contributed by atoms with Crippen LogP contribution in [0.4, 0.5) is 10.1 Å². The molecule has 4 heteroatoms. The third-order valence-electron chi connectivity index (χ3n) is 2.97. The molecule has 0 spiro atoms. The second-order valence-electron chi connectivity index (χ2n) is 4.53. The van der Waals surface area contributed by atoms with E-state index in [1.807, 2.05) is 18.2 Å². The number of hydrogen-bond donors (Lipinski definition) is 2. The number of carbonyl (C=O) groups excluding carboxylic acids is 1. The fourth-order valence-electron chi connectivity index (χ4n) is 1.95. The molecule has 3 N–H and O–H groups in total. The van der Waals surface area contributed by atoms with Crippen LogP contribution in [0.15, 0.2) is 48.5 Å². The first-order valence-corrected chi connectivity index (χ1v) is 6.55. The maximum absolute atomic E-state index is 13.5. The molecule has 20 heavy (non-hydrogen) atoms. The van der Waals surface area contributed by atoms with Gasteiger partial charge in [-0.3, -0.25) is 4.79 Å². The zero-order valence-electron chi connectivity index (χ0n) is 11.1.